The maximum absolute atomic E-state index is 11.9. The molecule has 2 heterocycles. The fraction of sp³-hybridized carbons (Fsp3) is 0.100. The number of hydrogen-bond donors (Lipinski definition) is 1. The number of furan rings is 1. The van der Waals surface area contributed by atoms with E-state index in [2.05, 4.69) is 15.9 Å². The molecule has 1 aromatic heterocycles. The van der Waals surface area contributed by atoms with Crippen molar-refractivity contribution in [3.63, 3.8) is 0 Å². The van der Waals surface area contributed by atoms with Gasteiger partial charge in [0.05, 0.1) is 4.91 Å². The number of amides is 1. The number of hydrogen-bond acceptors (Lipinski definition) is 5. The minimum Gasteiger partial charge on any atom is -0.480 e. The Hall–Kier alpha value is -1.12. The molecule has 8 heteroatoms. The van der Waals surface area contributed by atoms with Crippen molar-refractivity contribution in [2.75, 3.05) is 6.54 Å². The molecule has 0 bridgehead atoms. The first-order chi connectivity index (χ1) is 8.47. The highest BCUT2D eigenvalue weighted by molar-refractivity contribution is 9.10. The standard InChI is InChI=1S/C10H6BrNO4S2/c11-7-2-1-5(16-7)3-6-9(15)12(4-8(13)14)10(17)18-6/h1-3H,4H2,(H,13,14)/b6-3+. The molecule has 0 aromatic carbocycles. The lowest BCUT2D eigenvalue weighted by atomic mass is 10.3. The monoisotopic (exact) mass is 347 g/mol. The fourth-order valence-corrected chi connectivity index (χ4v) is 2.86. The van der Waals surface area contributed by atoms with Crippen LogP contribution in [-0.4, -0.2) is 32.7 Å². The lowest BCUT2D eigenvalue weighted by Gasteiger charge is -2.09. The highest BCUT2D eigenvalue weighted by Gasteiger charge is 2.33. The van der Waals surface area contributed by atoms with Crippen LogP contribution in [0, 0.1) is 0 Å². The van der Waals surface area contributed by atoms with Gasteiger partial charge in [-0.2, -0.15) is 0 Å². The molecule has 1 amide bonds. The number of thioether (sulfide) groups is 1. The Morgan fingerprint density at radius 1 is 1.61 bits per heavy atom. The SMILES string of the molecule is O=C(O)CN1C(=O)/C(=C\c2ccc(Br)o2)SC1=S. The summed E-state index contributed by atoms with van der Waals surface area (Å²) in [7, 11) is 0. The van der Waals surface area contributed by atoms with Crippen molar-refractivity contribution in [1.82, 2.24) is 4.90 Å². The first kappa shape index (κ1) is 13.3. The Morgan fingerprint density at radius 3 is 2.89 bits per heavy atom. The average Bonchev–Trinajstić information content (AvgIpc) is 2.78. The number of rotatable bonds is 3. The second-order valence-electron chi connectivity index (χ2n) is 3.30. The molecule has 0 atom stereocenters. The summed E-state index contributed by atoms with van der Waals surface area (Å²) in [5.74, 6) is -1.02. The Balaban J connectivity index is 2.22. The van der Waals surface area contributed by atoms with Crippen molar-refractivity contribution in [2.45, 2.75) is 0 Å². The van der Waals surface area contributed by atoms with Gasteiger partial charge in [-0.15, -0.1) is 0 Å². The summed E-state index contributed by atoms with van der Waals surface area (Å²) in [6.45, 7) is -0.427. The number of aliphatic carboxylic acids is 1. The number of carbonyl (C=O) groups excluding carboxylic acids is 1. The molecule has 1 aliphatic rings. The molecule has 1 aromatic rings. The second-order valence-corrected chi connectivity index (χ2v) is 5.76. The van der Waals surface area contributed by atoms with Gasteiger partial charge in [-0.25, -0.2) is 0 Å². The molecular formula is C10H6BrNO4S2. The van der Waals surface area contributed by atoms with Gasteiger partial charge in [0.15, 0.2) is 4.67 Å². The molecule has 0 unspecified atom stereocenters. The molecule has 1 fully saturated rings. The molecule has 94 valence electrons. The zero-order valence-corrected chi connectivity index (χ0v) is 12.0. The minimum absolute atomic E-state index is 0.235. The van der Waals surface area contributed by atoms with Crippen molar-refractivity contribution >= 4 is 62.2 Å². The van der Waals surface area contributed by atoms with E-state index in [9.17, 15) is 9.59 Å². The third kappa shape index (κ3) is 2.82. The van der Waals surface area contributed by atoms with Gasteiger partial charge in [0, 0.05) is 6.08 Å². The average molecular weight is 348 g/mol. The summed E-state index contributed by atoms with van der Waals surface area (Å²) in [6.07, 6.45) is 1.53. The molecule has 1 saturated heterocycles. The highest BCUT2D eigenvalue weighted by Crippen LogP contribution is 2.32. The first-order valence-corrected chi connectivity index (χ1v) is 6.71. The van der Waals surface area contributed by atoms with Crippen molar-refractivity contribution in [1.29, 1.82) is 0 Å². The normalized spacial score (nSPS) is 17.8. The molecule has 18 heavy (non-hydrogen) atoms. The number of nitrogens with zero attached hydrogens (tertiary/aromatic N) is 1. The van der Waals surface area contributed by atoms with Crippen molar-refractivity contribution < 1.29 is 19.1 Å². The topological polar surface area (TPSA) is 70.8 Å². The zero-order valence-electron chi connectivity index (χ0n) is 8.75. The van der Waals surface area contributed by atoms with Crippen LogP contribution in [0.2, 0.25) is 0 Å². The van der Waals surface area contributed by atoms with Crippen molar-refractivity contribution in [3.05, 3.63) is 27.5 Å². The predicted octanol–water partition coefficient (Wildman–Crippen LogP) is 2.33. The quantitative estimate of drug-likeness (QED) is 0.668. The number of carbonyl (C=O) groups is 2. The van der Waals surface area contributed by atoms with Crippen LogP contribution in [0.25, 0.3) is 6.08 Å². The van der Waals surface area contributed by atoms with E-state index in [1.165, 1.54) is 6.08 Å². The highest BCUT2D eigenvalue weighted by atomic mass is 79.9. The lowest BCUT2D eigenvalue weighted by Crippen LogP contribution is -2.33. The Kier molecular flexibility index (Phi) is 3.88. The molecule has 0 radical (unpaired) electrons. The van der Waals surface area contributed by atoms with E-state index in [0.29, 0.717) is 15.3 Å². The minimum atomic E-state index is -1.10. The van der Waals surface area contributed by atoms with Gasteiger partial charge in [0.25, 0.3) is 5.91 Å². The van der Waals surface area contributed by atoms with Gasteiger partial charge >= 0.3 is 5.97 Å². The molecule has 0 aliphatic carbocycles. The van der Waals surface area contributed by atoms with Gasteiger partial charge in [-0.3, -0.25) is 14.5 Å². The molecule has 0 saturated carbocycles. The van der Waals surface area contributed by atoms with Crippen molar-refractivity contribution in [3.8, 4) is 0 Å². The van der Waals surface area contributed by atoms with E-state index in [0.717, 1.165) is 16.7 Å². The molecule has 5 nitrogen and oxygen atoms in total. The number of thiocarbonyl (C=S) groups is 1. The van der Waals surface area contributed by atoms with Gasteiger partial charge in [0.1, 0.15) is 16.6 Å². The number of carboxylic acids is 1. The Morgan fingerprint density at radius 2 is 2.33 bits per heavy atom. The van der Waals surface area contributed by atoms with Crippen LogP contribution >= 0.6 is 39.9 Å². The van der Waals surface area contributed by atoms with Crippen LogP contribution < -0.4 is 0 Å². The fourth-order valence-electron chi connectivity index (χ4n) is 1.31. The summed E-state index contributed by atoms with van der Waals surface area (Å²) in [4.78, 5) is 23.9. The smallest absolute Gasteiger partial charge is 0.323 e. The summed E-state index contributed by atoms with van der Waals surface area (Å²) in [5, 5.41) is 8.68. The largest absolute Gasteiger partial charge is 0.480 e. The summed E-state index contributed by atoms with van der Waals surface area (Å²) in [6, 6.07) is 3.39. The van der Waals surface area contributed by atoms with E-state index in [4.69, 9.17) is 21.7 Å². The first-order valence-electron chi connectivity index (χ1n) is 4.70. The third-order valence-electron chi connectivity index (χ3n) is 2.03. The Bertz CT molecular complexity index is 566. The van der Waals surface area contributed by atoms with Gasteiger partial charge in [-0.05, 0) is 28.1 Å². The van der Waals surface area contributed by atoms with Crippen LogP contribution in [0.15, 0.2) is 26.1 Å². The van der Waals surface area contributed by atoms with Crippen LogP contribution in [0.1, 0.15) is 5.76 Å². The third-order valence-corrected chi connectivity index (χ3v) is 3.84. The predicted molar refractivity (Wildman–Crippen MR) is 73.9 cm³/mol. The number of carboxylic acid groups (broad SMARTS) is 1. The van der Waals surface area contributed by atoms with Crippen LogP contribution in [-0.2, 0) is 9.59 Å². The maximum Gasteiger partial charge on any atom is 0.323 e. The summed E-state index contributed by atoms with van der Waals surface area (Å²) >= 11 is 9.17. The molecular weight excluding hydrogens is 342 g/mol. The zero-order chi connectivity index (χ0) is 13.3. The van der Waals surface area contributed by atoms with E-state index in [-0.39, 0.29) is 4.32 Å². The van der Waals surface area contributed by atoms with Gasteiger partial charge in [-0.1, -0.05) is 24.0 Å². The molecule has 1 aliphatic heterocycles. The van der Waals surface area contributed by atoms with E-state index in [1.54, 1.807) is 12.1 Å². The second kappa shape index (κ2) is 5.25. The van der Waals surface area contributed by atoms with Crippen LogP contribution in [0.5, 0.6) is 0 Å². The summed E-state index contributed by atoms with van der Waals surface area (Å²) < 4.78 is 6.03. The van der Waals surface area contributed by atoms with E-state index in [1.807, 2.05) is 0 Å². The number of halogens is 1. The molecule has 2 rings (SSSR count). The molecule has 1 N–H and O–H groups in total. The van der Waals surface area contributed by atoms with Crippen LogP contribution in [0.4, 0.5) is 0 Å². The maximum atomic E-state index is 11.9. The van der Waals surface area contributed by atoms with Gasteiger partial charge < -0.3 is 9.52 Å². The van der Waals surface area contributed by atoms with Crippen LogP contribution in [0.3, 0.4) is 0 Å². The molecule has 0 spiro atoms. The summed E-state index contributed by atoms with van der Waals surface area (Å²) in [5.41, 5.74) is 0. The Labute approximate surface area is 120 Å². The van der Waals surface area contributed by atoms with Gasteiger partial charge in [0.2, 0.25) is 0 Å². The van der Waals surface area contributed by atoms with E-state index < -0.39 is 18.4 Å². The lowest BCUT2D eigenvalue weighted by molar-refractivity contribution is -0.140. The van der Waals surface area contributed by atoms with E-state index >= 15 is 0 Å². The van der Waals surface area contributed by atoms with Crippen molar-refractivity contribution in [2.24, 2.45) is 0 Å².